The number of ether oxygens (including phenoxy) is 12. The number of esters is 1. The van der Waals surface area contributed by atoms with E-state index in [0.29, 0.717) is 145 Å². The predicted molar refractivity (Wildman–Crippen MR) is 201 cm³/mol. The maximum Gasteiger partial charge on any atom is 0.305 e. The van der Waals surface area contributed by atoms with E-state index < -0.39 is 0 Å². The minimum atomic E-state index is -0.136. The van der Waals surface area contributed by atoms with Crippen molar-refractivity contribution in [1.29, 1.82) is 0 Å². The third kappa shape index (κ3) is 45.8. The second-order valence-electron chi connectivity index (χ2n) is 11.2. The third-order valence-corrected chi connectivity index (χ3v) is 7.36. The van der Waals surface area contributed by atoms with Crippen LogP contribution in [-0.4, -0.2) is 162 Å². The van der Waals surface area contributed by atoms with Crippen LogP contribution in [0.1, 0.15) is 71.1 Å². The number of rotatable bonds is 45. The van der Waals surface area contributed by atoms with Crippen molar-refractivity contribution in [3.8, 4) is 0 Å². The van der Waals surface area contributed by atoms with Crippen molar-refractivity contribution in [1.82, 2.24) is 0 Å². The topological polar surface area (TPSA) is 128 Å². The number of hydrogen-bond donors (Lipinski definition) is 0. The fraction of sp³-hybridized carbons (Fsp3) is 0.972. The summed E-state index contributed by atoms with van der Waals surface area (Å²) in [7, 11) is 0. The molecule has 0 aliphatic carbocycles. The van der Waals surface area contributed by atoms with Crippen LogP contribution >= 0.6 is 22.6 Å². The summed E-state index contributed by atoms with van der Waals surface area (Å²) in [5.74, 6) is -0.136. The molecule has 0 rings (SSSR count). The van der Waals surface area contributed by atoms with Crippen molar-refractivity contribution >= 4 is 28.6 Å². The highest BCUT2D eigenvalue weighted by Gasteiger charge is 2.03. The Bertz CT molecular complexity index is 637. The standard InChI is InChI=1S/C36H71IO13/c1-2-3-4-5-6-7-8-9-10-11-36(38)50-35-34-49-33-32-48-31-30-47-29-28-46-27-26-45-25-24-44-23-22-43-21-20-42-19-18-41-17-16-40-15-14-39-13-12-37/h2-35H2,1H3. The Morgan fingerprint density at radius 3 is 0.860 bits per heavy atom. The second-order valence-corrected chi connectivity index (χ2v) is 12.3. The lowest BCUT2D eigenvalue weighted by atomic mass is 10.1. The van der Waals surface area contributed by atoms with E-state index in [-0.39, 0.29) is 12.6 Å². The van der Waals surface area contributed by atoms with Gasteiger partial charge in [0.25, 0.3) is 0 Å². The SMILES string of the molecule is CCCCCCCCCCCC(=O)OCCOCCOCCOCCOCCOCCOCCOCCOCCOCCOCCOCCI. The van der Waals surface area contributed by atoms with Crippen LogP contribution in [0, 0.1) is 0 Å². The molecule has 0 aliphatic heterocycles. The van der Waals surface area contributed by atoms with Crippen LogP contribution in [0.3, 0.4) is 0 Å². The van der Waals surface area contributed by atoms with Gasteiger partial charge in [0, 0.05) is 10.8 Å². The summed E-state index contributed by atoms with van der Waals surface area (Å²) in [6.45, 7) is 14.0. The molecular formula is C36H71IO13. The molecule has 0 radical (unpaired) electrons. The number of carbonyl (C=O) groups excluding carboxylic acids is 1. The molecule has 0 unspecified atom stereocenters. The molecule has 0 aromatic heterocycles. The van der Waals surface area contributed by atoms with Gasteiger partial charge in [-0.15, -0.1) is 0 Å². The molecule has 14 heteroatoms. The van der Waals surface area contributed by atoms with E-state index >= 15 is 0 Å². The van der Waals surface area contributed by atoms with E-state index in [4.69, 9.17) is 56.8 Å². The predicted octanol–water partition coefficient (Wildman–Crippen LogP) is 5.07. The Hall–Kier alpha value is -0.240. The minimum Gasteiger partial charge on any atom is -0.463 e. The molecule has 0 saturated carbocycles. The average Bonchev–Trinajstić information content (AvgIpc) is 3.12. The lowest BCUT2D eigenvalue weighted by Crippen LogP contribution is -2.15. The molecule has 0 aliphatic rings. The van der Waals surface area contributed by atoms with Crippen molar-refractivity contribution in [3.05, 3.63) is 0 Å². The number of hydrogen-bond acceptors (Lipinski definition) is 13. The average molecular weight is 839 g/mol. The Morgan fingerprint density at radius 2 is 0.580 bits per heavy atom. The highest BCUT2D eigenvalue weighted by atomic mass is 127. The molecule has 0 aromatic rings. The van der Waals surface area contributed by atoms with E-state index in [0.717, 1.165) is 23.9 Å². The molecule has 0 N–H and O–H groups in total. The van der Waals surface area contributed by atoms with Gasteiger partial charge in [-0.25, -0.2) is 0 Å². The minimum absolute atomic E-state index is 0.136. The third-order valence-electron chi connectivity index (χ3n) is 6.92. The first-order valence-corrected chi connectivity index (χ1v) is 20.4. The largest absolute Gasteiger partial charge is 0.463 e. The van der Waals surface area contributed by atoms with Crippen molar-refractivity contribution in [3.63, 3.8) is 0 Å². The summed E-state index contributed by atoms with van der Waals surface area (Å²) in [5, 5.41) is 0. The molecule has 0 heterocycles. The molecule has 0 atom stereocenters. The zero-order valence-electron chi connectivity index (χ0n) is 31.2. The number of alkyl halides is 1. The lowest BCUT2D eigenvalue weighted by molar-refractivity contribution is -0.145. The second kappa shape index (κ2) is 46.8. The molecule has 50 heavy (non-hydrogen) atoms. The summed E-state index contributed by atoms with van der Waals surface area (Å²) in [4.78, 5) is 11.8. The molecule has 0 saturated heterocycles. The van der Waals surface area contributed by atoms with Gasteiger partial charge in [0.15, 0.2) is 0 Å². The first kappa shape index (κ1) is 49.8. The highest BCUT2D eigenvalue weighted by Crippen LogP contribution is 2.10. The van der Waals surface area contributed by atoms with Crippen LogP contribution < -0.4 is 0 Å². The molecule has 13 nitrogen and oxygen atoms in total. The maximum absolute atomic E-state index is 11.8. The lowest BCUT2D eigenvalue weighted by Gasteiger charge is -2.09. The fourth-order valence-electron chi connectivity index (χ4n) is 4.22. The molecule has 0 amide bonds. The van der Waals surface area contributed by atoms with Crippen molar-refractivity contribution in [2.24, 2.45) is 0 Å². The van der Waals surface area contributed by atoms with Gasteiger partial charge in [0.1, 0.15) is 6.61 Å². The highest BCUT2D eigenvalue weighted by molar-refractivity contribution is 14.1. The van der Waals surface area contributed by atoms with Gasteiger partial charge < -0.3 is 56.8 Å². The zero-order chi connectivity index (χ0) is 36.1. The van der Waals surface area contributed by atoms with Gasteiger partial charge in [0.2, 0.25) is 0 Å². The summed E-state index contributed by atoms with van der Waals surface area (Å²) < 4.78 is 66.2. The van der Waals surface area contributed by atoms with Gasteiger partial charge >= 0.3 is 5.97 Å². The van der Waals surface area contributed by atoms with E-state index in [1.165, 1.54) is 44.9 Å². The van der Waals surface area contributed by atoms with Gasteiger partial charge in [-0.3, -0.25) is 4.79 Å². The van der Waals surface area contributed by atoms with Crippen LogP contribution in [0.25, 0.3) is 0 Å². The molecule has 0 aromatic carbocycles. The summed E-state index contributed by atoms with van der Waals surface area (Å²) in [6.07, 6.45) is 11.6. The van der Waals surface area contributed by atoms with Gasteiger partial charge in [-0.05, 0) is 6.42 Å². The Balaban J connectivity index is 3.10. The first-order chi connectivity index (χ1) is 24.8. The van der Waals surface area contributed by atoms with Crippen molar-refractivity contribution in [2.45, 2.75) is 71.1 Å². The zero-order valence-corrected chi connectivity index (χ0v) is 33.4. The summed E-state index contributed by atoms with van der Waals surface area (Å²) in [5.41, 5.74) is 0. The molecule has 0 fully saturated rings. The normalized spacial score (nSPS) is 11.5. The Morgan fingerprint density at radius 1 is 0.340 bits per heavy atom. The molecular weight excluding hydrogens is 767 g/mol. The van der Waals surface area contributed by atoms with Gasteiger partial charge in [-0.2, -0.15) is 0 Å². The maximum atomic E-state index is 11.8. The van der Waals surface area contributed by atoms with Crippen molar-refractivity contribution in [2.75, 3.05) is 156 Å². The van der Waals surface area contributed by atoms with Crippen LogP contribution in [0.15, 0.2) is 0 Å². The quantitative estimate of drug-likeness (QED) is 0.0351. The van der Waals surface area contributed by atoms with Gasteiger partial charge in [-0.1, -0.05) is 80.9 Å². The van der Waals surface area contributed by atoms with Gasteiger partial charge in [0.05, 0.1) is 145 Å². The number of halogens is 1. The van der Waals surface area contributed by atoms with Crippen LogP contribution in [0.5, 0.6) is 0 Å². The first-order valence-electron chi connectivity index (χ1n) is 18.9. The monoisotopic (exact) mass is 838 g/mol. The van der Waals surface area contributed by atoms with Crippen LogP contribution in [0.2, 0.25) is 0 Å². The molecule has 0 bridgehead atoms. The van der Waals surface area contributed by atoms with E-state index in [1.807, 2.05) is 0 Å². The smallest absolute Gasteiger partial charge is 0.305 e. The molecule has 300 valence electrons. The van der Waals surface area contributed by atoms with Crippen LogP contribution in [-0.2, 0) is 61.6 Å². The molecule has 0 spiro atoms. The van der Waals surface area contributed by atoms with E-state index in [1.54, 1.807) is 0 Å². The summed E-state index contributed by atoms with van der Waals surface area (Å²) in [6, 6.07) is 0. The Labute approximate surface area is 316 Å². The van der Waals surface area contributed by atoms with E-state index in [2.05, 4.69) is 29.5 Å². The van der Waals surface area contributed by atoms with Crippen LogP contribution in [0.4, 0.5) is 0 Å². The summed E-state index contributed by atoms with van der Waals surface area (Å²) >= 11 is 2.28. The number of carbonyl (C=O) groups is 1. The Kier molecular flexibility index (Phi) is 46.6. The number of unbranched alkanes of at least 4 members (excludes halogenated alkanes) is 8. The van der Waals surface area contributed by atoms with E-state index in [9.17, 15) is 4.79 Å². The van der Waals surface area contributed by atoms with Crippen molar-refractivity contribution < 1.29 is 61.6 Å². The fourth-order valence-corrected chi connectivity index (χ4v) is 4.53.